The van der Waals surface area contributed by atoms with Crippen molar-refractivity contribution in [2.45, 2.75) is 13.0 Å². The van der Waals surface area contributed by atoms with Crippen LogP contribution in [0.5, 0.6) is 0 Å². The molecule has 0 spiro atoms. The summed E-state index contributed by atoms with van der Waals surface area (Å²) < 4.78 is 0. The maximum Gasteiger partial charge on any atom is 0.319 e. The van der Waals surface area contributed by atoms with E-state index >= 15 is 0 Å². The Bertz CT molecular complexity index is 751. The predicted molar refractivity (Wildman–Crippen MR) is 98.4 cm³/mol. The van der Waals surface area contributed by atoms with E-state index in [9.17, 15) is 9.59 Å². The van der Waals surface area contributed by atoms with Gasteiger partial charge in [-0.05, 0) is 23.8 Å². The van der Waals surface area contributed by atoms with Crippen molar-refractivity contribution in [1.82, 2.24) is 10.2 Å². The van der Waals surface area contributed by atoms with E-state index in [-0.39, 0.29) is 17.9 Å². The molecule has 2 N–H and O–H groups in total. The van der Waals surface area contributed by atoms with E-state index in [4.69, 9.17) is 11.6 Å². The number of halogens is 1. The smallest absolute Gasteiger partial charge is 0.319 e. The first-order valence-corrected chi connectivity index (χ1v) is 8.60. The summed E-state index contributed by atoms with van der Waals surface area (Å²) in [5.41, 5.74) is 1.75. The van der Waals surface area contributed by atoms with Crippen molar-refractivity contribution >= 4 is 29.2 Å². The minimum Gasteiger partial charge on any atom is -0.338 e. The first-order chi connectivity index (χ1) is 12.1. The van der Waals surface area contributed by atoms with Gasteiger partial charge in [-0.1, -0.05) is 48.0 Å². The molecule has 1 atom stereocenters. The molecular formula is C19H20ClN3O2. The Kier molecular flexibility index (Phi) is 5.56. The van der Waals surface area contributed by atoms with Crippen LogP contribution in [0.25, 0.3) is 0 Å². The average Bonchev–Trinajstić information content (AvgIpc) is 2.94. The van der Waals surface area contributed by atoms with E-state index in [1.807, 2.05) is 35.2 Å². The van der Waals surface area contributed by atoms with Crippen LogP contribution < -0.4 is 10.6 Å². The van der Waals surface area contributed by atoms with Gasteiger partial charge < -0.3 is 15.5 Å². The molecular weight excluding hydrogens is 338 g/mol. The molecule has 130 valence electrons. The van der Waals surface area contributed by atoms with E-state index in [1.54, 1.807) is 24.3 Å². The highest BCUT2D eigenvalue weighted by molar-refractivity contribution is 6.30. The standard InChI is InChI=1S/C19H20ClN3O2/c20-16-7-4-8-17(10-16)22-19(25)21-11-15-9-18(24)23(13-15)12-14-5-2-1-3-6-14/h1-8,10,15H,9,11-13H2,(H2,21,22,25). The minimum atomic E-state index is -0.295. The Morgan fingerprint density at radius 3 is 2.72 bits per heavy atom. The number of hydrogen-bond donors (Lipinski definition) is 2. The van der Waals surface area contributed by atoms with Gasteiger partial charge in [0.15, 0.2) is 0 Å². The number of carbonyl (C=O) groups is 2. The second kappa shape index (κ2) is 8.03. The van der Waals surface area contributed by atoms with Crippen LogP contribution in [0.3, 0.4) is 0 Å². The summed E-state index contributed by atoms with van der Waals surface area (Å²) in [5, 5.41) is 6.13. The second-order valence-electron chi connectivity index (χ2n) is 6.18. The van der Waals surface area contributed by atoms with Gasteiger partial charge >= 0.3 is 6.03 Å². The van der Waals surface area contributed by atoms with Crippen molar-refractivity contribution in [3.05, 3.63) is 65.2 Å². The number of anilines is 1. The van der Waals surface area contributed by atoms with Crippen LogP contribution in [0.1, 0.15) is 12.0 Å². The topological polar surface area (TPSA) is 61.4 Å². The number of urea groups is 1. The molecule has 0 radical (unpaired) electrons. The van der Waals surface area contributed by atoms with Gasteiger partial charge in [0.2, 0.25) is 5.91 Å². The number of rotatable bonds is 5. The number of likely N-dealkylation sites (tertiary alicyclic amines) is 1. The summed E-state index contributed by atoms with van der Waals surface area (Å²) in [6.45, 7) is 1.74. The molecule has 1 unspecified atom stereocenters. The third-order valence-electron chi connectivity index (χ3n) is 4.14. The van der Waals surface area contributed by atoms with Gasteiger partial charge in [-0.25, -0.2) is 4.79 Å². The summed E-state index contributed by atoms with van der Waals surface area (Å²) in [6, 6.07) is 16.6. The molecule has 2 aromatic rings. The molecule has 1 fully saturated rings. The maximum absolute atomic E-state index is 12.1. The number of nitrogens with one attached hydrogen (secondary N) is 2. The maximum atomic E-state index is 12.1. The summed E-state index contributed by atoms with van der Waals surface area (Å²) in [7, 11) is 0. The van der Waals surface area contributed by atoms with Crippen molar-refractivity contribution in [3.63, 3.8) is 0 Å². The molecule has 2 aromatic carbocycles. The third-order valence-corrected chi connectivity index (χ3v) is 4.38. The fourth-order valence-electron chi connectivity index (χ4n) is 2.93. The average molecular weight is 358 g/mol. The normalized spacial score (nSPS) is 16.8. The number of amides is 3. The van der Waals surface area contributed by atoms with Crippen LogP contribution in [0.15, 0.2) is 54.6 Å². The van der Waals surface area contributed by atoms with Crippen LogP contribution in [-0.4, -0.2) is 29.9 Å². The Hall–Kier alpha value is -2.53. The van der Waals surface area contributed by atoms with Gasteiger partial charge in [-0.3, -0.25) is 4.79 Å². The fraction of sp³-hybridized carbons (Fsp3) is 0.263. The van der Waals surface area contributed by atoms with E-state index in [1.165, 1.54) is 0 Å². The van der Waals surface area contributed by atoms with Crippen molar-refractivity contribution in [2.24, 2.45) is 5.92 Å². The Balaban J connectivity index is 1.46. The lowest BCUT2D eigenvalue weighted by molar-refractivity contribution is -0.128. The molecule has 1 saturated heterocycles. The summed E-state index contributed by atoms with van der Waals surface area (Å²) >= 11 is 5.89. The molecule has 3 amide bonds. The molecule has 1 aliphatic rings. The van der Waals surface area contributed by atoms with E-state index < -0.39 is 0 Å². The highest BCUT2D eigenvalue weighted by Crippen LogP contribution is 2.20. The van der Waals surface area contributed by atoms with Crippen LogP contribution in [0, 0.1) is 5.92 Å². The molecule has 3 rings (SSSR count). The lowest BCUT2D eigenvalue weighted by Gasteiger charge is -2.17. The number of nitrogens with zero attached hydrogens (tertiary/aromatic N) is 1. The molecule has 1 aliphatic heterocycles. The summed E-state index contributed by atoms with van der Waals surface area (Å²) in [6.07, 6.45) is 0.463. The lowest BCUT2D eigenvalue weighted by atomic mass is 10.1. The molecule has 0 aromatic heterocycles. The Morgan fingerprint density at radius 2 is 1.96 bits per heavy atom. The number of hydrogen-bond acceptors (Lipinski definition) is 2. The SMILES string of the molecule is O=C(NCC1CC(=O)N(Cc2ccccc2)C1)Nc1cccc(Cl)c1. The lowest BCUT2D eigenvalue weighted by Crippen LogP contribution is -2.34. The molecule has 1 heterocycles. The zero-order chi connectivity index (χ0) is 17.6. The first-order valence-electron chi connectivity index (χ1n) is 8.22. The number of benzene rings is 2. The zero-order valence-corrected chi connectivity index (χ0v) is 14.5. The zero-order valence-electron chi connectivity index (χ0n) is 13.7. The minimum absolute atomic E-state index is 0.126. The van der Waals surface area contributed by atoms with Crippen molar-refractivity contribution in [1.29, 1.82) is 0 Å². The molecule has 0 bridgehead atoms. The third kappa shape index (κ3) is 4.97. The van der Waals surface area contributed by atoms with Crippen LogP contribution >= 0.6 is 11.6 Å². The predicted octanol–water partition coefficient (Wildman–Crippen LogP) is 3.51. The molecule has 0 saturated carbocycles. The molecule has 5 nitrogen and oxygen atoms in total. The van der Waals surface area contributed by atoms with E-state index in [0.29, 0.717) is 36.8 Å². The van der Waals surface area contributed by atoms with Gasteiger partial charge in [0.25, 0.3) is 0 Å². The summed E-state index contributed by atoms with van der Waals surface area (Å²) in [4.78, 5) is 26.0. The Morgan fingerprint density at radius 1 is 1.16 bits per heavy atom. The molecule has 6 heteroatoms. The van der Waals surface area contributed by atoms with Gasteiger partial charge in [0.1, 0.15) is 0 Å². The van der Waals surface area contributed by atoms with Crippen LogP contribution in [0.2, 0.25) is 5.02 Å². The molecule has 25 heavy (non-hydrogen) atoms. The monoisotopic (exact) mass is 357 g/mol. The van der Waals surface area contributed by atoms with E-state index in [0.717, 1.165) is 5.56 Å². The van der Waals surface area contributed by atoms with Gasteiger partial charge in [-0.15, -0.1) is 0 Å². The van der Waals surface area contributed by atoms with E-state index in [2.05, 4.69) is 10.6 Å². The van der Waals surface area contributed by atoms with Gasteiger partial charge in [0, 0.05) is 42.7 Å². The van der Waals surface area contributed by atoms with Crippen LogP contribution in [-0.2, 0) is 11.3 Å². The van der Waals surface area contributed by atoms with Crippen molar-refractivity contribution in [3.8, 4) is 0 Å². The summed E-state index contributed by atoms with van der Waals surface area (Å²) in [5.74, 6) is 0.257. The van der Waals surface area contributed by atoms with Crippen molar-refractivity contribution in [2.75, 3.05) is 18.4 Å². The van der Waals surface area contributed by atoms with Crippen molar-refractivity contribution < 1.29 is 9.59 Å². The fourth-order valence-corrected chi connectivity index (χ4v) is 3.12. The van der Waals surface area contributed by atoms with Gasteiger partial charge in [0.05, 0.1) is 0 Å². The quantitative estimate of drug-likeness (QED) is 0.860. The highest BCUT2D eigenvalue weighted by Gasteiger charge is 2.29. The van der Waals surface area contributed by atoms with Crippen LogP contribution in [0.4, 0.5) is 10.5 Å². The number of carbonyl (C=O) groups excluding carboxylic acids is 2. The highest BCUT2D eigenvalue weighted by atomic mass is 35.5. The first kappa shape index (κ1) is 17.3. The van der Waals surface area contributed by atoms with Gasteiger partial charge in [-0.2, -0.15) is 0 Å². The Labute approximate surface area is 152 Å². The molecule has 0 aliphatic carbocycles. The largest absolute Gasteiger partial charge is 0.338 e. The second-order valence-corrected chi connectivity index (χ2v) is 6.61.